The van der Waals surface area contributed by atoms with E-state index in [2.05, 4.69) is 0 Å². The second-order valence-corrected chi connectivity index (χ2v) is 9.59. The van der Waals surface area contributed by atoms with Gasteiger partial charge in [-0.05, 0) is 49.1 Å². The van der Waals surface area contributed by atoms with Crippen LogP contribution in [0.3, 0.4) is 0 Å². The number of benzene rings is 3. The van der Waals surface area contributed by atoms with Crippen LogP contribution in [-0.2, 0) is 11.2 Å². The predicted molar refractivity (Wildman–Crippen MR) is 137 cm³/mol. The van der Waals surface area contributed by atoms with E-state index >= 15 is 0 Å². The van der Waals surface area contributed by atoms with Gasteiger partial charge < -0.3 is 38.6 Å². The number of hydrogen-bond donors (Lipinski definition) is 2. The molecule has 0 bridgehead atoms. The molecular formula is C29H30O9. The lowest BCUT2D eigenvalue weighted by Gasteiger charge is -2.41. The van der Waals surface area contributed by atoms with E-state index in [9.17, 15) is 15.0 Å². The van der Waals surface area contributed by atoms with E-state index in [0.29, 0.717) is 51.5 Å². The summed E-state index contributed by atoms with van der Waals surface area (Å²) in [6.07, 6.45) is -0.826. The second-order valence-electron chi connectivity index (χ2n) is 9.59. The summed E-state index contributed by atoms with van der Waals surface area (Å²) in [5.74, 6) is 0.331. The topological polar surface area (TPSA) is 113 Å². The number of aliphatic hydroxyl groups is 1. The number of methoxy groups -OCH3 is 3. The van der Waals surface area contributed by atoms with Gasteiger partial charge in [-0.25, -0.2) is 4.79 Å². The molecule has 5 rings (SSSR count). The highest BCUT2D eigenvalue weighted by Crippen LogP contribution is 2.59. The van der Waals surface area contributed by atoms with Gasteiger partial charge in [0.1, 0.15) is 5.60 Å². The highest BCUT2D eigenvalue weighted by molar-refractivity contribution is 5.91. The maximum absolute atomic E-state index is 13.3. The maximum atomic E-state index is 13.3. The number of ether oxygens (including phenoxy) is 6. The third-order valence-corrected chi connectivity index (χ3v) is 7.38. The maximum Gasteiger partial charge on any atom is 0.338 e. The van der Waals surface area contributed by atoms with Crippen LogP contribution >= 0.6 is 0 Å². The molecule has 9 nitrogen and oxygen atoms in total. The van der Waals surface area contributed by atoms with Crippen LogP contribution in [0.1, 0.15) is 41.4 Å². The lowest BCUT2D eigenvalue weighted by atomic mass is 9.73. The predicted octanol–water partition coefficient (Wildman–Crippen LogP) is 4.66. The number of carbonyl (C=O) groups is 1. The van der Waals surface area contributed by atoms with Gasteiger partial charge in [-0.3, -0.25) is 0 Å². The number of rotatable bonds is 5. The molecule has 2 aliphatic rings. The van der Waals surface area contributed by atoms with Crippen molar-refractivity contribution in [3.8, 4) is 45.6 Å². The first kappa shape index (κ1) is 25.5. The van der Waals surface area contributed by atoms with Gasteiger partial charge in [-0.1, -0.05) is 25.1 Å². The molecule has 0 fully saturated rings. The number of esters is 1. The van der Waals surface area contributed by atoms with Gasteiger partial charge in [0.05, 0.1) is 26.9 Å². The average molecular weight is 523 g/mol. The van der Waals surface area contributed by atoms with Gasteiger partial charge in [-0.15, -0.1) is 0 Å². The molecule has 0 amide bonds. The quantitative estimate of drug-likeness (QED) is 0.462. The molecule has 1 aliphatic heterocycles. The molecular weight excluding hydrogens is 492 g/mol. The Morgan fingerprint density at radius 3 is 2.32 bits per heavy atom. The Bertz CT molecular complexity index is 1380. The summed E-state index contributed by atoms with van der Waals surface area (Å²) in [7, 11) is 4.40. The lowest BCUT2D eigenvalue weighted by molar-refractivity contribution is -0.107. The van der Waals surface area contributed by atoms with Crippen LogP contribution in [0.25, 0.3) is 11.1 Å². The van der Waals surface area contributed by atoms with Crippen LogP contribution in [0.5, 0.6) is 34.5 Å². The summed E-state index contributed by atoms with van der Waals surface area (Å²) < 4.78 is 34.7. The minimum atomic E-state index is -1.54. The van der Waals surface area contributed by atoms with Gasteiger partial charge in [0, 0.05) is 16.7 Å². The zero-order valence-corrected chi connectivity index (χ0v) is 21.9. The van der Waals surface area contributed by atoms with Crippen molar-refractivity contribution in [3.05, 3.63) is 59.2 Å². The zero-order valence-electron chi connectivity index (χ0n) is 21.9. The number of phenolic OH excluding ortho intramolecular Hbond substituents is 1. The van der Waals surface area contributed by atoms with E-state index in [4.69, 9.17) is 28.4 Å². The van der Waals surface area contributed by atoms with Crippen molar-refractivity contribution in [1.29, 1.82) is 0 Å². The van der Waals surface area contributed by atoms with E-state index in [1.54, 1.807) is 49.4 Å². The number of carbonyl (C=O) groups excluding carboxylic acids is 1. The van der Waals surface area contributed by atoms with Crippen molar-refractivity contribution < 1.29 is 43.4 Å². The van der Waals surface area contributed by atoms with E-state index in [0.717, 1.165) is 0 Å². The van der Waals surface area contributed by atoms with Crippen LogP contribution in [0.2, 0.25) is 0 Å². The smallest absolute Gasteiger partial charge is 0.338 e. The molecule has 1 heterocycles. The highest BCUT2D eigenvalue weighted by Gasteiger charge is 2.47. The summed E-state index contributed by atoms with van der Waals surface area (Å²) in [5, 5.41) is 22.7. The van der Waals surface area contributed by atoms with Crippen molar-refractivity contribution in [1.82, 2.24) is 0 Å². The van der Waals surface area contributed by atoms with Gasteiger partial charge in [-0.2, -0.15) is 0 Å². The van der Waals surface area contributed by atoms with Crippen molar-refractivity contribution >= 4 is 5.97 Å². The van der Waals surface area contributed by atoms with E-state index in [-0.39, 0.29) is 24.0 Å². The molecule has 0 spiro atoms. The lowest BCUT2D eigenvalue weighted by Crippen LogP contribution is -2.43. The molecule has 9 heteroatoms. The first-order valence-corrected chi connectivity index (χ1v) is 12.2. The molecule has 3 aromatic rings. The third-order valence-electron chi connectivity index (χ3n) is 7.38. The number of fused-ring (bicyclic) bond motifs is 4. The normalized spacial score (nSPS) is 21.4. The molecule has 2 N–H and O–H groups in total. The van der Waals surface area contributed by atoms with Gasteiger partial charge in [0.2, 0.25) is 18.3 Å². The summed E-state index contributed by atoms with van der Waals surface area (Å²) in [4.78, 5) is 13.3. The SMILES string of the molecule is COc1c(O)cc2c(c1OC)-c1c(cc3c(c1OC)OCO3)[C@H](OC(=O)c1ccccc1)[C@](C)(O)[C@H](C)C2. The van der Waals surface area contributed by atoms with Gasteiger partial charge in [0.25, 0.3) is 0 Å². The monoisotopic (exact) mass is 522 g/mol. The number of aromatic hydroxyl groups is 1. The first-order chi connectivity index (χ1) is 18.2. The molecule has 3 aromatic carbocycles. The van der Waals surface area contributed by atoms with Crippen molar-refractivity contribution in [2.75, 3.05) is 28.1 Å². The second kappa shape index (κ2) is 9.64. The molecule has 38 heavy (non-hydrogen) atoms. The Morgan fingerprint density at radius 1 is 0.974 bits per heavy atom. The van der Waals surface area contributed by atoms with Gasteiger partial charge >= 0.3 is 5.97 Å². The molecule has 0 aromatic heterocycles. The Balaban J connectivity index is 1.85. The Morgan fingerprint density at radius 2 is 1.66 bits per heavy atom. The summed E-state index contributed by atoms with van der Waals surface area (Å²) in [6, 6.07) is 11.9. The minimum Gasteiger partial charge on any atom is -0.504 e. The average Bonchev–Trinajstić information content (AvgIpc) is 3.38. The molecule has 0 radical (unpaired) electrons. The molecule has 0 unspecified atom stereocenters. The van der Waals surface area contributed by atoms with Crippen molar-refractivity contribution in [3.63, 3.8) is 0 Å². The third kappa shape index (κ3) is 3.94. The van der Waals surface area contributed by atoms with Crippen LogP contribution < -0.4 is 23.7 Å². The molecule has 200 valence electrons. The first-order valence-electron chi connectivity index (χ1n) is 12.2. The Labute approximate surface area is 220 Å². The van der Waals surface area contributed by atoms with Crippen LogP contribution in [-0.4, -0.2) is 49.9 Å². The molecule has 3 atom stereocenters. The fraction of sp³-hybridized carbons (Fsp3) is 0.345. The Hall–Kier alpha value is -4.11. The standard InChI is InChI=1S/C29H30O9/c1-15-11-17-12-19(30)23(33-3)25(34-4)21(17)22-18(13-20-24(26(22)35-5)37-14-36-20)27(29(15,2)32)38-28(31)16-9-7-6-8-10-16/h6-10,12-13,15,27,30,32H,11,14H2,1-5H3/t15-,27+,29-/m1/s1. The van der Waals surface area contributed by atoms with Crippen molar-refractivity contribution in [2.45, 2.75) is 32.0 Å². The van der Waals surface area contributed by atoms with Crippen LogP contribution in [0, 0.1) is 5.92 Å². The number of phenols is 1. The molecule has 0 saturated heterocycles. The molecule has 1 aliphatic carbocycles. The van der Waals surface area contributed by atoms with Gasteiger partial charge in [0.15, 0.2) is 29.1 Å². The van der Waals surface area contributed by atoms with Crippen LogP contribution in [0.4, 0.5) is 0 Å². The fourth-order valence-electron chi connectivity index (χ4n) is 5.24. The zero-order chi connectivity index (χ0) is 27.2. The van der Waals surface area contributed by atoms with E-state index in [1.807, 2.05) is 6.92 Å². The summed E-state index contributed by atoms with van der Waals surface area (Å²) >= 11 is 0. The largest absolute Gasteiger partial charge is 0.504 e. The summed E-state index contributed by atoms with van der Waals surface area (Å²) in [6.45, 7) is 3.46. The van der Waals surface area contributed by atoms with Crippen LogP contribution in [0.15, 0.2) is 42.5 Å². The van der Waals surface area contributed by atoms with E-state index < -0.39 is 23.6 Å². The minimum absolute atomic E-state index is 0.0290. The number of hydrogen-bond acceptors (Lipinski definition) is 9. The fourth-order valence-corrected chi connectivity index (χ4v) is 5.24. The Kier molecular flexibility index (Phi) is 6.48. The summed E-state index contributed by atoms with van der Waals surface area (Å²) in [5.41, 5.74) is 0.948. The van der Waals surface area contributed by atoms with Crippen molar-refractivity contribution in [2.24, 2.45) is 5.92 Å². The molecule has 0 saturated carbocycles. The van der Waals surface area contributed by atoms with E-state index in [1.165, 1.54) is 21.3 Å². The highest BCUT2D eigenvalue weighted by atomic mass is 16.7.